The van der Waals surface area contributed by atoms with Gasteiger partial charge in [-0.05, 0) is 49.5 Å². The number of amides is 1. The van der Waals surface area contributed by atoms with Gasteiger partial charge in [0.05, 0.1) is 0 Å². The monoisotopic (exact) mass is 339 g/mol. The first-order chi connectivity index (χ1) is 11.7. The standard InChI is InChI=1S/C19H21N3OS/c1-3-13-20-19(24)21-16-10-8-9-15(14-16)18(23)22(4-2)17-11-6-5-7-12-17/h3,5-12,14H,1,4,13H2,2H3,(H2,20,21,24). The molecule has 24 heavy (non-hydrogen) atoms. The number of nitrogens with zero attached hydrogens (tertiary/aromatic N) is 1. The third kappa shape index (κ3) is 4.67. The summed E-state index contributed by atoms with van der Waals surface area (Å²) in [5.74, 6) is -0.0441. The van der Waals surface area contributed by atoms with Crippen LogP contribution in [0.2, 0.25) is 0 Å². The number of nitrogens with one attached hydrogen (secondary N) is 2. The van der Waals surface area contributed by atoms with Gasteiger partial charge >= 0.3 is 0 Å². The van der Waals surface area contributed by atoms with Crippen LogP contribution < -0.4 is 15.5 Å². The average molecular weight is 339 g/mol. The van der Waals surface area contributed by atoms with Crippen molar-refractivity contribution in [2.24, 2.45) is 0 Å². The summed E-state index contributed by atoms with van der Waals surface area (Å²) in [6, 6.07) is 17.0. The molecule has 0 radical (unpaired) electrons. The Balaban J connectivity index is 2.16. The highest BCUT2D eigenvalue weighted by Gasteiger charge is 2.16. The van der Waals surface area contributed by atoms with Gasteiger partial charge < -0.3 is 15.5 Å². The van der Waals surface area contributed by atoms with Gasteiger partial charge in [-0.25, -0.2) is 0 Å². The summed E-state index contributed by atoms with van der Waals surface area (Å²) in [6.07, 6.45) is 1.73. The summed E-state index contributed by atoms with van der Waals surface area (Å²) in [4.78, 5) is 14.6. The van der Waals surface area contributed by atoms with Crippen molar-refractivity contribution in [1.29, 1.82) is 0 Å². The van der Waals surface area contributed by atoms with Crippen LogP contribution in [0.5, 0.6) is 0 Å². The summed E-state index contributed by atoms with van der Waals surface area (Å²) in [6.45, 7) is 6.78. The molecule has 0 unspecified atom stereocenters. The van der Waals surface area contributed by atoms with E-state index in [0.29, 0.717) is 23.8 Å². The van der Waals surface area contributed by atoms with Gasteiger partial charge in [0.25, 0.3) is 5.91 Å². The molecule has 0 fully saturated rings. The van der Waals surface area contributed by atoms with Gasteiger partial charge in [-0.3, -0.25) is 4.79 Å². The SMILES string of the molecule is C=CCNC(=S)Nc1cccc(C(=O)N(CC)c2ccccc2)c1. The first-order valence-corrected chi connectivity index (χ1v) is 8.19. The van der Waals surface area contributed by atoms with E-state index in [2.05, 4.69) is 17.2 Å². The maximum atomic E-state index is 12.8. The lowest BCUT2D eigenvalue weighted by atomic mass is 10.1. The molecule has 0 aliphatic rings. The van der Waals surface area contributed by atoms with Gasteiger partial charge in [0.15, 0.2) is 5.11 Å². The molecule has 0 spiro atoms. The molecule has 2 rings (SSSR count). The molecule has 0 atom stereocenters. The number of anilines is 2. The van der Waals surface area contributed by atoms with Gasteiger partial charge in [0, 0.05) is 30.0 Å². The van der Waals surface area contributed by atoms with E-state index in [0.717, 1.165) is 11.4 Å². The summed E-state index contributed by atoms with van der Waals surface area (Å²) in [5.41, 5.74) is 2.26. The number of hydrogen-bond acceptors (Lipinski definition) is 2. The molecule has 0 saturated heterocycles. The van der Waals surface area contributed by atoms with Crippen LogP contribution >= 0.6 is 12.2 Å². The lowest BCUT2D eigenvalue weighted by Gasteiger charge is -2.21. The molecule has 5 heteroatoms. The molecule has 4 nitrogen and oxygen atoms in total. The zero-order valence-electron chi connectivity index (χ0n) is 13.7. The fraction of sp³-hybridized carbons (Fsp3) is 0.158. The smallest absolute Gasteiger partial charge is 0.258 e. The number of rotatable bonds is 6. The molecule has 0 saturated carbocycles. The maximum absolute atomic E-state index is 12.8. The lowest BCUT2D eigenvalue weighted by Crippen LogP contribution is -2.31. The normalized spacial score (nSPS) is 9.88. The molecule has 124 valence electrons. The van der Waals surface area contributed by atoms with Crippen LogP contribution in [0.1, 0.15) is 17.3 Å². The topological polar surface area (TPSA) is 44.4 Å². The Morgan fingerprint density at radius 2 is 1.96 bits per heavy atom. The first-order valence-electron chi connectivity index (χ1n) is 7.78. The van der Waals surface area contributed by atoms with Gasteiger partial charge in [-0.2, -0.15) is 0 Å². The minimum absolute atomic E-state index is 0.0441. The highest BCUT2D eigenvalue weighted by atomic mass is 32.1. The van der Waals surface area contributed by atoms with Crippen molar-refractivity contribution >= 4 is 34.6 Å². The third-order valence-corrected chi connectivity index (χ3v) is 3.65. The quantitative estimate of drug-likeness (QED) is 0.620. The highest BCUT2D eigenvalue weighted by molar-refractivity contribution is 7.80. The molecule has 1 amide bonds. The van der Waals surface area contributed by atoms with E-state index in [-0.39, 0.29) is 5.91 Å². The predicted octanol–water partition coefficient (Wildman–Crippen LogP) is 3.83. The molecular formula is C19H21N3OS. The first kappa shape index (κ1) is 17.7. The predicted molar refractivity (Wildman–Crippen MR) is 105 cm³/mol. The second kappa shape index (κ2) is 8.84. The molecule has 2 aromatic carbocycles. The minimum Gasteiger partial charge on any atom is -0.359 e. The van der Waals surface area contributed by atoms with E-state index in [1.165, 1.54) is 0 Å². The molecule has 2 aromatic rings. The summed E-state index contributed by atoms with van der Waals surface area (Å²) in [7, 11) is 0. The van der Waals surface area contributed by atoms with Crippen molar-refractivity contribution in [3.8, 4) is 0 Å². The molecule has 0 heterocycles. The van der Waals surface area contributed by atoms with Gasteiger partial charge in [-0.1, -0.05) is 30.3 Å². The van der Waals surface area contributed by atoms with E-state index in [9.17, 15) is 4.79 Å². The number of hydrogen-bond donors (Lipinski definition) is 2. The zero-order valence-corrected chi connectivity index (χ0v) is 14.5. The van der Waals surface area contributed by atoms with Crippen LogP contribution in [0.3, 0.4) is 0 Å². The highest BCUT2D eigenvalue weighted by Crippen LogP contribution is 2.18. The summed E-state index contributed by atoms with van der Waals surface area (Å²) in [5, 5.41) is 6.56. The third-order valence-electron chi connectivity index (χ3n) is 3.40. The Bertz CT molecular complexity index is 716. The van der Waals surface area contributed by atoms with Gasteiger partial charge in [-0.15, -0.1) is 6.58 Å². The van der Waals surface area contributed by atoms with E-state index < -0.39 is 0 Å². The second-order valence-electron chi connectivity index (χ2n) is 5.09. The number of para-hydroxylation sites is 1. The van der Waals surface area contributed by atoms with Crippen molar-refractivity contribution in [1.82, 2.24) is 5.32 Å². The minimum atomic E-state index is -0.0441. The zero-order chi connectivity index (χ0) is 17.4. The van der Waals surface area contributed by atoms with Crippen LogP contribution in [-0.4, -0.2) is 24.1 Å². The number of carbonyl (C=O) groups is 1. The Labute approximate surface area is 148 Å². The van der Waals surface area contributed by atoms with Crippen molar-refractivity contribution in [2.45, 2.75) is 6.92 Å². The van der Waals surface area contributed by atoms with Crippen LogP contribution in [0, 0.1) is 0 Å². The van der Waals surface area contributed by atoms with Crippen molar-refractivity contribution in [3.05, 3.63) is 72.8 Å². The van der Waals surface area contributed by atoms with Gasteiger partial charge in [0.2, 0.25) is 0 Å². The Morgan fingerprint density at radius 3 is 2.62 bits per heavy atom. The van der Waals surface area contributed by atoms with Crippen molar-refractivity contribution < 1.29 is 4.79 Å². The van der Waals surface area contributed by atoms with Crippen molar-refractivity contribution in [3.63, 3.8) is 0 Å². The molecular weight excluding hydrogens is 318 g/mol. The second-order valence-corrected chi connectivity index (χ2v) is 5.50. The van der Waals surface area contributed by atoms with Crippen LogP contribution in [0.4, 0.5) is 11.4 Å². The maximum Gasteiger partial charge on any atom is 0.258 e. The number of carbonyl (C=O) groups excluding carboxylic acids is 1. The fourth-order valence-corrected chi connectivity index (χ4v) is 2.48. The summed E-state index contributed by atoms with van der Waals surface area (Å²) >= 11 is 5.20. The summed E-state index contributed by atoms with van der Waals surface area (Å²) < 4.78 is 0. The lowest BCUT2D eigenvalue weighted by molar-refractivity contribution is 0.0988. The van der Waals surface area contributed by atoms with Crippen molar-refractivity contribution in [2.75, 3.05) is 23.3 Å². The van der Waals surface area contributed by atoms with Gasteiger partial charge in [0.1, 0.15) is 0 Å². The van der Waals surface area contributed by atoms with E-state index in [1.54, 1.807) is 23.1 Å². The van der Waals surface area contributed by atoms with Crippen LogP contribution in [0.15, 0.2) is 67.3 Å². The molecule has 0 aliphatic carbocycles. The Hall–Kier alpha value is -2.66. The molecule has 0 aromatic heterocycles. The Kier molecular flexibility index (Phi) is 6.51. The fourth-order valence-electron chi connectivity index (χ4n) is 2.28. The van der Waals surface area contributed by atoms with Crippen LogP contribution in [-0.2, 0) is 0 Å². The molecule has 0 aliphatic heterocycles. The Morgan fingerprint density at radius 1 is 1.21 bits per heavy atom. The van der Waals surface area contributed by atoms with Crippen LogP contribution in [0.25, 0.3) is 0 Å². The van der Waals surface area contributed by atoms with E-state index >= 15 is 0 Å². The van der Waals surface area contributed by atoms with E-state index in [4.69, 9.17) is 12.2 Å². The molecule has 2 N–H and O–H groups in total. The number of thiocarbonyl (C=S) groups is 1. The number of benzene rings is 2. The average Bonchev–Trinajstić information content (AvgIpc) is 2.61. The van der Waals surface area contributed by atoms with E-state index in [1.807, 2.05) is 49.4 Å². The molecule has 0 bridgehead atoms. The largest absolute Gasteiger partial charge is 0.359 e.